The number of nitrogens with zero attached hydrogens (tertiary/aromatic N) is 2. The molecule has 0 unspecified atom stereocenters. The Morgan fingerprint density at radius 1 is 1.04 bits per heavy atom. The first-order valence-corrected chi connectivity index (χ1v) is 9.31. The normalized spacial score (nSPS) is 17.7. The fraction of sp³-hybridized carbons (Fsp3) is 0.312. The summed E-state index contributed by atoms with van der Waals surface area (Å²) in [6, 6.07) is 6.30. The molecule has 0 radical (unpaired) electrons. The molecule has 2 aromatic rings. The SMILES string of the molecule is O=C(c1cc[nH]c1)N1CCN(S(=O)(=O)c2ccc3c(c2)OCO3)CC1. The molecule has 2 aliphatic heterocycles. The van der Waals surface area contributed by atoms with E-state index in [1.807, 2.05) is 0 Å². The van der Waals surface area contributed by atoms with Crippen molar-refractivity contribution in [2.75, 3.05) is 33.0 Å². The number of carbonyl (C=O) groups is 1. The Labute approximate surface area is 145 Å². The molecule has 8 nitrogen and oxygen atoms in total. The summed E-state index contributed by atoms with van der Waals surface area (Å²) in [5.74, 6) is 0.879. The molecule has 1 saturated heterocycles. The summed E-state index contributed by atoms with van der Waals surface area (Å²) in [6.07, 6.45) is 3.33. The van der Waals surface area contributed by atoms with Crippen LogP contribution >= 0.6 is 0 Å². The Morgan fingerprint density at radius 2 is 1.80 bits per heavy atom. The predicted molar refractivity (Wildman–Crippen MR) is 88.0 cm³/mol. The topological polar surface area (TPSA) is 91.9 Å². The Morgan fingerprint density at radius 3 is 2.52 bits per heavy atom. The van der Waals surface area contributed by atoms with Gasteiger partial charge in [-0.3, -0.25) is 4.79 Å². The van der Waals surface area contributed by atoms with E-state index in [0.717, 1.165) is 0 Å². The molecule has 2 aliphatic rings. The third-order valence-corrected chi connectivity index (χ3v) is 6.25. The van der Waals surface area contributed by atoms with Crippen molar-refractivity contribution in [2.24, 2.45) is 0 Å². The molecule has 0 aliphatic carbocycles. The van der Waals surface area contributed by atoms with Gasteiger partial charge in [0.05, 0.1) is 10.5 Å². The van der Waals surface area contributed by atoms with E-state index in [1.165, 1.54) is 16.4 Å². The van der Waals surface area contributed by atoms with E-state index in [-0.39, 0.29) is 30.7 Å². The molecule has 132 valence electrons. The standard InChI is InChI=1S/C16H17N3O5S/c20-16(12-3-4-17-10-12)18-5-7-19(8-6-18)25(21,22)13-1-2-14-15(9-13)24-11-23-14/h1-4,9-10,17H,5-8,11H2. The Kier molecular flexibility index (Phi) is 3.89. The van der Waals surface area contributed by atoms with Crippen molar-refractivity contribution in [1.29, 1.82) is 0 Å². The minimum atomic E-state index is -3.63. The number of amides is 1. The van der Waals surface area contributed by atoms with Crippen LogP contribution in [0.4, 0.5) is 0 Å². The smallest absolute Gasteiger partial charge is 0.255 e. The highest BCUT2D eigenvalue weighted by Crippen LogP contribution is 2.34. The molecule has 0 atom stereocenters. The number of hydrogen-bond donors (Lipinski definition) is 1. The number of hydrogen-bond acceptors (Lipinski definition) is 5. The van der Waals surface area contributed by atoms with Crippen molar-refractivity contribution in [1.82, 2.24) is 14.2 Å². The number of carbonyl (C=O) groups excluding carboxylic acids is 1. The highest BCUT2D eigenvalue weighted by atomic mass is 32.2. The van der Waals surface area contributed by atoms with Crippen LogP contribution in [0.3, 0.4) is 0 Å². The van der Waals surface area contributed by atoms with Crippen LogP contribution in [-0.4, -0.2) is 61.5 Å². The van der Waals surface area contributed by atoms with E-state index >= 15 is 0 Å². The van der Waals surface area contributed by atoms with Crippen molar-refractivity contribution >= 4 is 15.9 Å². The van der Waals surface area contributed by atoms with Crippen LogP contribution in [0.15, 0.2) is 41.6 Å². The van der Waals surface area contributed by atoms with Crippen molar-refractivity contribution in [3.63, 3.8) is 0 Å². The molecular formula is C16H17N3O5S. The molecular weight excluding hydrogens is 346 g/mol. The number of fused-ring (bicyclic) bond motifs is 1. The Hall–Kier alpha value is -2.52. The summed E-state index contributed by atoms with van der Waals surface area (Å²) in [7, 11) is -3.63. The highest BCUT2D eigenvalue weighted by Gasteiger charge is 2.31. The zero-order chi connectivity index (χ0) is 17.4. The summed E-state index contributed by atoms with van der Waals surface area (Å²) >= 11 is 0. The van der Waals surface area contributed by atoms with Crippen molar-refractivity contribution in [3.05, 3.63) is 42.2 Å². The number of rotatable bonds is 3. The van der Waals surface area contributed by atoms with Crippen LogP contribution in [0.1, 0.15) is 10.4 Å². The van der Waals surface area contributed by atoms with Crippen molar-refractivity contribution in [2.45, 2.75) is 4.90 Å². The fourth-order valence-electron chi connectivity index (χ4n) is 2.96. The van der Waals surface area contributed by atoms with E-state index in [1.54, 1.807) is 29.4 Å². The second kappa shape index (κ2) is 6.08. The summed E-state index contributed by atoms with van der Waals surface area (Å²) < 4.78 is 37.5. The number of piperazine rings is 1. The number of ether oxygens (including phenoxy) is 2. The summed E-state index contributed by atoms with van der Waals surface area (Å²) in [5, 5.41) is 0. The third kappa shape index (κ3) is 2.85. The molecule has 0 bridgehead atoms. The number of sulfonamides is 1. The maximum Gasteiger partial charge on any atom is 0.255 e. The predicted octanol–water partition coefficient (Wildman–Crippen LogP) is 0.890. The summed E-state index contributed by atoms with van der Waals surface area (Å²) in [4.78, 5) is 17.0. The lowest BCUT2D eigenvalue weighted by molar-refractivity contribution is 0.0698. The van der Waals surface area contributed by atoms with Crippen LogP contribution in [0, 0.1) is 0 Å². The summed E-state index contributed by atoms with van der Waals surface area (Å²) in [5.41, 5.74) is 0.576. The lowest BCUT2D eigenvalue weighted by Gasteiger charge is -2.33. The molecule has 3 heterocycles. The van der Waals surface area contributed by atoms with Crippen molar-refractivity contribution in [3.8, 4) is 11.5 Å². The van der Waals surface area contributed by atoms with Gasteiger partial charge in [-0.2, -0.15) is 4.31 Å². The maximum atomic E-state index is 12.8. The monoisotopic (exact) mass is 363 g/mol. The maximum absolute atomic E-state index is 12.8. The fourth-order valence-corrected chi connectivity index (χ4v) is 4.40. The minimum absolute atomic E-state index is 0.0959. The minimum Gasteiger partial charge on any atom is -0.454 e. The van der Waals surface area contributed by atoms with Crippen LogP contribution in [-0.2, 0) is 10.0 Å². The number of benzene rings is 1. The van der Waals surface area contributed by atoms with E-state index < -0.39 is 10.0 Å². The van der Waals surface area contributed by atoms with Gasteiger partial charge >= 0.3 is 0 Å². The molecule has 1 fully saturated rings. The molecule has 0 saturated carbocycles. The average Bonchev–Trinajstić information content (AvgIpc) is 3.32. The van der Waals surface area contributed by atoms with E-state index in [4.69, 9.17) is 9.47 Å². The molecule has 0 spiro atoms. The lowest BCUT2D eigenvalue weighted by Crippen LogP contribution is -2.50. The van der Waals surface area contributed by atoms with E-state index in [9.17, 15) is 13.2 Å². The van der Waals surface area contributed by atoms with Gasteiger partial charge in [-0.15, -0.1) is 0 Å². The number of aromatic nitrogens is 1. The van der Waals surface area contributed by atoms with Gasteiger partial charge in [0, 0.05) is 44.6 Å². The largest absolute Gasteiger partial charge is 0.454 e. The van der Waals surface area contributed by atoms with Gasteiger partial charge in [-0.25, -0.2) is 8.42 Å². The van der Waals surface area contributed by atoms with Gasteiger partial charge in [0.2, 0.25) is 16.8 Å². The van der Waals surface area contributed by atoms with Crippen LogP contribution in [0.2, 0.25) is 0 Å². The average molecular weight is 363 g/mol. The van der Waals surface area contributed by atoms with Crippen molar-refractivity contribution < 1.29 is 22.7 Å². The summed E-state index contributed by atoms with van der Waals surface area (Å²) in [6.45, 7) is 1.32. The molecule has 4 rings (SSSR count). The van der Waals surface area contributed by atoms with E-state index in [0.29, 0.717) is 30.2 Å². The Balaban J connectivity index is 1.47. The van der Waals surface area contributed by atoms with Crippen LogP contribution < -0.4 is 9.47 Å². The first-order chi connectivity index (χ1) is 12.1. The van der Waals surface area contributed by atoms with Gasteiger partial charge < -0.3 is 19.4 Å². The van der Waals surface area contributed by atoms with Gasteiger partial charge in [0.25, 0.3) is 5.91 Å². The highest BCUT2D eigenvalue weighted by molar-refractivity contribution is 7.89. The number of H-pyrrole nitrogens is 1. The zero-order valence-electron chi connectivity index (χ0n) is 13.3. The molecule has 9 heteroatoms. The quantitative estimate of drug-likeness (QED) is 0.874. The van der Waals surface area contributed by atoms with Gasteiger partial charge in [0.1, 0.15) is 0 Å². The second-order valence-corrected chi connectivity index (χ2v) is 7.75. The molecule has 25 heavy (non-hydrogen) atoms. The van der Waals surface area contributed by atoms with Gasteiger partial charge in [-0.1, -0.05) is 0 Å². The molecule has 1 N–H and O–H groups in total. The first-order valence-electron chi connectivity index (χ1n) is 7.87. The molecule has 1 aromatic heterocycles. The third-order valence-electron chi connectivity index (χ3n) is 4.35. The molecule has 1 aromatic carbocycles. The van der Waals surface area contributed by atoms with E-state index in [2.05, 4.69) is 4.98 Å². The first kappa shape index (κ1) is 16.0. The number of nitrogens with one attached hydrogen (secondary N) is 1. The Bertz CT molecular complexity index is 886. The second-order valence-electron chi connectivity index (χ2n) is 5.81. The molecule has 1 amide bonds. The number of aromatic amines is 1. The van der Waals surface area contributed by atoms with Crippen LogP contribution in [0.25, 0.3) is 0 Å². The lowest BCUT2D eigenvalue weighted by atomic mass is 10.2. The van der Waals surface area contributed by atoms with Gasteiger partial charge in [0.15, 0.2) is 11.5 Å². The zero-order valence-corrected chi connectivity index (χ0v) is 14.2. The van der Waals surface area contributed by atoms with Crippen LogP contribution in [0.5, 0.6) is 11.5 Å². The van der Waals surface area contributed by atoms with Gasteiger partial charge in [-0.05, 0) is 18.2 Å².